The van der Waals surface area contributed by atoms with E-state index in [1.54, 1.807) is 6.92 Å². The molecule has 0 amide bonds. The summed E-state index contributed by atoms with van der Waals surface area (Å²) in [4.78, 5) is 22.2. The average Bonchev–Trinajstić information content (AvgIpc) is 2.52. The predicted molar refractivity (Wildman–Crippen MR) is 35.5 cm³/mol. The first-order valence-corrected chi connectivity index (χ1v) is 3.72. The lowest BCUT2D eigenvalue weighted by Crippen LogP contribution is -2.20. The number of fused-ring (bicyclic) bond motifs is 1. The third kappa shape index (κ3) is 0.459. The Morgan fingerprint density at radius 3 is 2.60 bits per heavy atom. The van der Waals surface area contributed by atoms with Crippen LogP contribution < -0.4 is 0 Å². The van der Waals surface area contributed by atoms with E-state index >= 15 is 0 Å². The monoisotopic (exact) mass is 138 g/mol. The highest BCUT2D eigenvalue weighted by molar-refractivity contribution is 6.11. The van der Waals surface area contributed by atoms with Gasteiger partial charge in [0.1, 0.15) is 11.6 Å². The third-order valence-electron chi connectivity index (χ3n) is 2.95. The molecule has 2 aliphatic carbocycles. The standard InChI is InChI=1S/C8H10O2/c1-5(9)8-4-6(8)2-3-7(8)10/h6H,2-4H2,1H3. The van der Waals surface area contributed by atoms with Gasteiger partial charge in [0.05, 0.1) is 5.41 Å². The van der Waals surface area contributed by atoms with Gasteiger partial charge < -0.3 is 0 Å². The van der Waals surface area contributed by atoms with Gasteiger partial charge in [-0.05, 0) is 25.7 Å². The van der Waals surface area contributed by atoms with Gasteiger partial charge in [-0.25, -0.2) is 0 Å². The molecule has 2 aliphatic rings. The Labute approximate surface area is 59.6 Å². The van der Waals surface area contributed by atoms with E-state index in [-0.39, 0.29) is 11.6 Å². The van der Waals surface area contributed by atoms with Gasteiger partial charge in [-0.2, -0.15) is 0 Å². The van der Waals surface area contributed by atoms with Crippen molar-refractivity contribution in [1.82, 2.24) is 0 Å². The van der Waals surface area contributed by atoms with Crippen molar-refractivity contribution in [3.05, 3.63) is 0 Å². The lowest BCUT2D eigenvalue weighted by molar-refractivity contribution is -0.132. The first-order valence-electron chi connectivity index (χ1n) is 3.72. The van der Waals surface area contributed by atoms with Crippen molar-refractivity contribution >= 4 is 11.6 Å². The zero-order valence-electron chi connectivity index (χ0n) is 6.02. The van der Waals surface area contributed by atoms with Crippen molar-refractivity contribution in [3.63, 3.8) is 0 Å². The largest absolute Gasteiger partial charge is 0.299 e. The Morgan fingerprint density at radius 2 is 2.40 bits per heavy atom. The van der Waals surface area contributed by atoms with Crippen LogP contribution in [0.1, 0.15) is 26.2 Å². The molecule has 0 aromatic carbocycles. The molecule has 54 valence electrons. The van der Waals surface area contributed by atoms with E-state index in [0.29, 0.717) is 12.3 Å². The number of carbonyl (C=O) groups is 2. The molecule has 2 saturated carbocycles. The first-order chi connectivity index (χ1) is 4.68. The highest BCUT2D eigenvalue weighted by atomic mass is 16.2. The van der Waals surface area contributed by atoms with E-state index in [1.807, 2.05) is 0 Å². The Morgan fingerprint density at radius 1 is 1.70 bits per heavy atom. The summed E-state index contributed by atoms with van der Waals surface area (Å²) in [6.07, 6.45) is 2.45. The molecule has 2 heteroatoms. The van der Waals surface area contributed by atoms with Crippen molar-refractivity contribution in [2.75, 3.05) is 0 Å². The van der Waals surface area contributed by atoms with Gasteiger partial charge in [0.15, 0.2) is 0 Å². The van der Waals surface area contributed by atoms with Crippen molar-refractivity contribution in [3.8, 4) is 0 Å². The second-order valence-electron chi connectivity index (χ2n) is 3.39. The summed E-state index contributed by atoms with van der Waals surface area (Å²) in [6.45, 7) is 1.54. The smallest absolute Gasteiger partial charge is 0.146 e. The van der Waals surface area contributed by atoms with E-state index < -0.39 is 5.41 Å². The van der Waals surface area contributed by atoms with E-state index in [0.717, 1.165) is 12.8 Å². The third-order valence-corrected chi connectivity index (χ3v) is 2.95. The number of hydrogen-bond acceptors (Lipinski definition) is 2. The van der Waals surface area contributed by atoms with Gasteiger partial charge in [0.2, 0.25) is 0 Å². The molecule has 2 unspecified atom stereocenters. The second-order valence-corrected chi connectivity index (χ2v) is 3.39. The van der Waals surface area contributed by atoms with E-state index in [4.69, 9.17) is 0 Å². The lowest BCUT2D eigenvalue weighted by Gasteiger charge is -2.02. The maximum atomic E-state index is 11.2. The molecule has 0 aliphatic heterocycles. The van der Waals surface area contributed by atoms with Gasteiger partial charge >= 0.3 is 0 Å². The summed E-state index contributed by atoms with van der Waals surface area (Å²) in [5.74, 6) is 0.725. The highest BCUT2D eigenvalue weighted by Crippen LogP contribution is 2.61. The summed E-state index contributed by atoms with van der Waals surface area (Å²) in [5.41, 5.74) is -0.458. The minimum atomic E-state index is -0.458. The van der Waals surface area contributed by atoms with E-state index in [2.05, 4.69) is 0 Å². The molecular formula is C8H10O2. The van der Waals surface area contributed by atoms with E-state index in [9.17, 15) is 9.59 Å². The number of rotatable bonds is 1. The highest BCUT2D eigenvalue weighted by Gasteiger charge is 2.65. The Bertz CT molecular complexity index is 219. The first kappa shape index (κ1) is 6.08. The Hall–Kier alpha value is -0.660. The van der Waals surface area contributed by atoms with Crippen LogP contribution in [0.4, 0.5) is 0 Å². The molecule has 0 spiro atoms. The Kier molecular flexibility index (Phi) is 0.908. The topological polar surface area (TPSA) is 34.1 Å². The van der Waals surface area contributed by atoms with Crippen LogP contribution in [-0.2, 0) is 9.59 Å². The van der Waals surface area contributed by atoms with Gasteiger partial charge in [-0.3, -0.25) is 9.59 Å². The summed E-state index contributed by atoms with van der Waals surface area (Å²) >= 11 is 0. The molecule has 2 atom stereocenters. The quantitative estimate of drug-likeness (QED) is 0.505. The van der Waals surface area contributed by atoms with Gasteiger partial charge in [-0.15, -0.1) is 0 Å². The second kappa shape index (κ2) is 1.49. The van der Waals surface area contributed by atoms with Crippen LogP contribution in [0.25, 0.3) is 0 Å². The summed E-state index contributed by atoms with van der Waals surface area (Å²) in [5, 5.41) is 0. The van der Waals surface area contributed by atoms with Crippen LogP contribution in [0.2, 0.25) is 0 Å². The van der Waals surface area contributed by atoms with Crippen LogP contribution >= 0.6 is 0 Å². The maximum absolute atomic E-state index is 11.2. The molecule has 0 heterocycles. The van der Waals surface area contributed by atoms with Crippen molar-refractivity contribution in [2.45, 2.75) is 26.2 Å². The minimum Gasteiger partial charge on any atom is -0.299 e. The molecule has 0 saturated heterocycles. The number of Topliss-reactive ketones (excluding diaryl/α,β-unsaturated/α-hetero) is 2. The number of hydrogen-bond donors (Lipinski definition) is 0. The molecule has 0 N–H and O–H groups in total. The minimum absolute atomic E-state index is 0.0972. The van der Waals surface area contributed by atoms with Crippen molar-refractivity contribution < 1.29 is 9.59 Å². The average molecular weight is 138 g/mol. The van der Waals surface area contributed by atoms with Crippen LogP contribution in [-0.4, -0.2) is 11.6 Å². The molecule has 0 radical (unpaired) electrons. The Balaban J connectivity index is 2.33. The van der Waals surface area contributed by atoms with Gasteiger partial charge in [0, 0.05) is 6.42 Å². The van der Waals surface area contributed by atoms with Gasteiger partial charge in [-0.1, -0.05) is 0 Å². The fraction of sp³-hybridized carbons (Fsp3) is 0.750. The van der Waals surface area contributed by atoms with E-state index in [1.165, 1.54) is 0 Å². The van der Waals surface area contributed by atoms with Gasteiger partial charge in [0.25, 0.3) is 0 Å². The molecule has 0 aromatic heterocycles. The zero-order valence-corrected chi connectivity index (χ0v) is 6.02. The summed E-state index contributed by atoms with van der Waals surface area (Å²) < 4.78 is 0. The van der Waals surface area contributed by atoms with Crippen LogP contribution in [0, 0.1) is 11.3 Å². The van der Waals surface area contributed by atoms with Crippen LogP contribution in [0.3, 0.4) is 0 Å². The SMILES string of the molecule is CC(=O)C12CC1CCC2=O. The molecule has 0 bridgehead atoms. The molecular weight excluding hydrogens is 128 g/mol. The van der Waals surface area contributed by atoms with Crippen LogP contribution in [0.15, 0.2) is 0 Å². The van der Waals surface area contributed by atoms with Crippen molar-refractivity contribution in [1.29, 1.82) is 0 Å². The molecule has 2 rings (SSSR count). The molecule has 0 aromatic rings. The summed E-state index contributed by atoms with van der Waals surface area (Å²) in [7, 11) is 0. The number of carbonyl (C=O) groups excluding carboxylic acids is 2. The fourth-order valence-corrected chi connectivity index (χ4v) is 2.18. The normalized spacial score (nSPS) is 43.3. The zero-order chi connectivity index (χ0) is 7.35. The van der Waals surface area contributed by atoms with Crippen LogP contribution in [0.5, 0.6) is 0 Å². The number of ketones is 2. The lowest BCUT2D eigenvalue weighted by atomic mass is 9.98. The molecule has 2 fully saturated rings. The predicted octanol–water partition coefficient (Wildman–Crippen LogP) is 0.945. The fourth-order valence-electron chi connectivity index (χ4n) is 2.18. The molecule has 10 heavy (non-hydrogen) atoms. The molecule has 2 nitrogen and oxygen atoms in total. The summed E-state index contributed by atoms with van der Waals surface area (Å²) in [6, 6.07) is 0. The maximum Gasteiger partial charge on any atom is 0.146 e. The van der Waals surface area contributed by atoms with Crippen molar-refractivity contribution in [2.24, 2.45) is 11.3 Å².